The van der Waals surface area contributed by atoms with Crippen LogP contribution in [0.1, 0.15) is 38.1 Å². The van der Waals surface area contributed by atoms with Crippen molar-refractivity contribution in [2.24, 2.45) is 0 Å². The first-order valence-electron chi connectivity index (χ1n) is 10.7. The number of fused-ring (bicyclic) bond motifs is 2. The molecule has 0 spiro atoms. The van der Waals surface area contributed by atoms with Gasteiger partial charge in [-0.1, -0.05) is 6.07 Å². The van der Waals surface area contributed by atoms with Gasteiger partial charge in [0.2, 0.25) is 5.82 Å². The average molecular weight is 530 g/mol. The van der Waals surface area contributed by atoms with Crippen LogP contribution in [-0.4, -0.2) is 41.4 Å². The van der Waals surface area contributed by atoms with E-state index in [-0.39, 0.29) is 23.6 Å². The van der Waals surface area contributed by atoms with E-state index in [1.165, 1.54) is 6.07 Å². The van der Waals surface area contributed by atoms with Crippen LogP contribution in [0.3, 0.4) is 0 Å². The lowest BCUT2D eigenvalue weighted by molar-refractivity contribution is -0.145. The Balaban J connectivity index is 1.35. The summed E-state index contributed by atoms with van der Waals surface area (Å²) in [7, 11) is 0. The van der Waals surface area contributed by atoms with E-state index in [1.807, 2.05) is 0 Å². The minimum atomic E-state index is -4.77. The van der Waals surface area contributed by atoms with E-state index < -0.39 is 47.6 Å². The highest BCUT2D eigenvalue weighted by Crippen LogP contribution is 2.25. The van der Waals surface area contributed by atoms with Crippen molar-refractivity contribution in [3.05, 3.63) is 87.6 Å². The molecule has 0 aliphatic rings. The average Bonchev–Trinajstić information content (AvgIpc) is 3.45. The molecular formula is C22H14F4N8O4. The maximum absolute atomic E-state index is 14.3. The van der Waals surface area contributed by atoms with Crippen molar-refractivity contribution in [2.75, 3.05) is 0 Å². The molecule has 0 fully saturated rings. The number of halogens is 4. The fraction of sp³-hybridized carbons (Fsp3) is 0.136. The number of rotatable bonds is 6. The second kappa shape index (κ2) is 9.38. The molecule has 0 unspecified atom stereocenters. The van der Waals surface area contributed by atoms with Crippen LogP contribution in [0, 0.1) is 5.82 Å². The zero-order chi connectivity index (χ0) is 27.0. The molecule has 0 saturated heterocycles. The third kappa shape index (κ3) is 4.91. The molecule has 5 rings (SSSR count). The fourth-order valence-corrected chi connectivity index (χ4v) is 3.49. The molecule has 1 aromatic carbocycles. The fourth-order valence-electron chi connectivity index (χ4n) is 3.49. The number of amides is 2. The number of carbonyl (C=O) groups is 2. The molecule has 4 heterocycles. The van der Waals surface area contributed by atoms with E-state index in [2.05, 4.69) is 35.7 Å². The zero-order valence-electron chi connectivity index (χ0n) is 18.8. The Morgan fingerprint density at radius 3 is 2.63 bits per heavy atom. The van der Waals surface area contributed by atoms with Gasteiger partial charge in [-0.25, -0.2) is 28.7 Å². The molecule has 3 N–H and O–H groups in total. The Morgan fingerprint density at radius 1 is 1.05 bits per heavy atom. The van der Waals surface area contributed by atoms with Gasteiger partial charge in [0, 0.05) is 18.8 Å². The molecule has 5 aromatic rings. The number of alkyl halides is 3. The van der Waals surface area contributed by atoms with Crippen molar-refractivity contribution < 1.29 is 31.6 Å². The minimum absolute atomic E-state index is 0.00658. The summed E-state index contributed by atoms with van der Waals surface area (Å²) in [6.07, 6.45) is -3.08. The molecule has 38 heavy (non-hydrogen) atoms. The summed E-state index contributed by atoms with van der Waals surface area (Å²) < 4.78 is 58.6. The van der Waals surface area contributed by atoms with E-state index in [0.29, 0.717) is 16.7 Å². The summed E-state index contributed by atoms with van der Waals surface area (Å²) in [5.74, 6) is -4.55. The van der Waals surface area contributed by atoms with Gasteiger partial charge in [-0.2, -0.15) is 18.3 Å². The summed E-state index contributed by atoms with van der Waals surface area (Å²) in [6.45, 7) is -0.425. The van der Waals surface area contributed by atoms with Crippen LogP contribution in [0.15, 0.2) is 51.9 Å². The van der Waals surface area contributed by atoms with E-state index >= 15 is 0 Å². The SMILES string of the molecule is O=C(NCc1ccc2oc(=O)[nH]c2c1)c1cc(C(=O)NCc2ccnc(C(F)(F)F)n2)n2ncc(F)c2n1. The monoisotopic (exact) mass is 530 g/mol. The predicted molar refractivity (Wildman–Crippen MR) is 119 cm³/mol. The van der Waals surface area contributed by atoms with Crippen LogP contribution in [0.2, 0.25) is 0 Å². The van der Waals surface area contributed by atoms with E-state index in [1.54, 1.807) is 18.2 Å². The number of nitrogens with one attached hydrogen (secondary N) is 3. The van der Waals surface area contributed by atoms with Crippen LogP contribution >= 0.6 is 0 Å². The van der Waals surface area contributed by atoms with E-state index in [4.69, 9.17) is 4.42 Å². The van der Waals surface area contributed by atoms with Crippen LogP contribution in [0.4, 0.5) is 17.6 Å². The van der Waals surface area contributed by atoms with Gasteiger partial charge in [-0.15, -0.1) is 0 Å². The Morgan fingerprint density at radius 2 is 1.84 bits per heavy atom. The molecule has 12 nitrogen and oxygen atoms in total. The van der Waals surface area contributed by atoms with Crippen LogP contribution in [0.5, 0.6) is 0 Å². The van der Waals surface area contributed by atoms with Gasteiger partial charge in [0.25, 0.3) is 11.8 Å². The summed E-state index contributed by atoms with van der Waals surface area (Å²) in [5, 5.41) is 8.68. The molecule has 0 atom stereocenters. The van der Waals surface area contributed by atoms with Gasteiger partial charge in [0.1, 0.15) is 11.4 Å². The van der Waals surface area contributed by atoms with Crippen molar-refractivity contribution in [2.45, 2.75) is 19.3 Å². The maximum Gasteiger partial charge on any atom is 0.451 e. The first-order chi connectivity index (χ1) is 18.1. The molecule has 0 aliphatic carbocycles. The van der Waals surface area contributed by atoms with Crippen molar-refractivity contribution in [3.63, 3.8) is 0 Å². The van der Waals surface area contributed by atoms with E-state index in [0.717, 1.165) is 23.0 Å². The number of carbonyl (C=O) groups excluding carboxylic acids is 2. The Hall–Kier alpha value is -5.15. The number of aromatic amines is 1. The third-order valence-corrected chi connectivity index (χ3v) is 5.23. The van der Waals surface area contributed by atoms with Gasteiger partial charge < -0.3 is 15.1 Å². The molecule has 0 saturated carbocycles. The van der Waals surface area contributed by atoms with E-state index in [9.17, 15) is 31.9 Å². The molecule has 16 heteroatoms. The van der Waals surface area contributed by atoms with Crippen LogP contribution < -0.4 is 16.4 Å². The molecule has 0 radical (unpaired) electrons. The number of oxazole rings is 1. The van der Waals surface area contributed by atoms with Gasteiger partial charge in [0.15, 0.2) is 17.0 Å². The smallest absolute Gasteiger partial charge is 0.408 e. The number of H-pyrrole nitrogens is 1. The topological polar surface area (TPSA) is 160 Å². The van der Waals surface area contributed by atoms with Crippen LogP contribution in [-0.2, 0) is 19.3 Å². The first-order valence-corrected chi connectivity index (χ1v) is 10.7. The highest BCUT2D eigenvalue weighted by molar-refractivity contribution is 5.98. The quantitative estimate of drug-likeness (QED) is 0.281. The second-order valence-electron chi connectivity index (χ2n) is 7.83. The molecule has 194 valence electrons. The van der Waals surface area contributed by atoms with Gasteiger partial charge in [-0.05, 0) is 23.8 Å². The Labute approximate surface area is 207 Å². The number of hydrogen-bond acceptors (Lipinski definition) is 8. The van der Waals surface area contributed by atoms with Crippen molar-refractivity contribution in [1.29, 1.82) is 0 Å². The van der Waals surface area contributed by atoms with Gasteiger partial charge >= 0.3 is 11.9 Å². The number of nitrogens with zero attached hydrogens (tertiary/aromatic N) is 5. The second-order valence-corrected chi connectivity index (χ2v) is 7.83. The molecule has 0 bridgehead atoms. The standard InChI is InChI=1S/C22H14F4N8O4/c23-12-9-30-34-15(19(36)29-8-11-3-4-27-20(31-11)22(24,25)26)6-14(32-17(12)34)18(35)28-7-10-1-2-16-13(5-10)33-21(37)38-16/h1-6,9H,7-8H2,(H,28,35)(H,29,36)(H,33,37). The normalized spacial score (nSPS) is 11.7. The minimum Gasteiger partial charge on any atom is -0.408 e. The molecule has 4 aromatic heterocycles. The van der Waals surface area contributed by atoms with Crippen molar-refractivity contribution >= 4 is 28.6 Å². The van der Waals surface area contributed by atoms with Crippen molar-refractivity contribution in [1.82, 2.24) is 40.2 Å². The highest BCUT2D eigenvalue weighted by Gasteiger charge is 2.34. The summed E-state index contributed by atoms with van der Waals surface area (Å²) >= 11 is 0. The first kappa shape index (κ1) is 24.5. The number of hydrogen-bond donors (Lipinski definition) is 3. The summed E-state index contributed by atoms with van der Waals surface area (Å²) in [4.78, 5) is 49.9. The van der Waals surface area contributed by atoms with Crippen molar-refractivity contribution in [3.8, 4) is 0 Å². The van der Waals surface area contributed by atoms with Gasteiger partial charge in [0.05, 0.1) is 24.0 Å². The zero-order valence-corrected chi connectivity index (χ0v) is 18.8. The van der Waals surface area contributed by atoms with Gasteiger partial charge in [-0.3, -0.25) is 14.6 Å². The molecule has 2 amide bonds. The lowest BCUT2D eigenvalue weighted by Crippen LogP contribution is -2.29. The number of aromatic nitrogens is 6. The largest absolute Gasteiger partial charge is 0.451 e. The predicted octanol–water partition coefficient (Wildman–Crippen LogP) is 1.97. The number of benzene rings is 1. The highest BCUT2D eigenvalue weighted by atomic mass is 19.4. The lowest BCUT2D eigenvalue weighted by Gasteiger charge is -2.10. The van der Waals surface area contributed by atoms with Crippen LogP contribution in [0.25, 0.3) is 16.7 Å². The molecular weight excluding hydrogens is 516 g/mol. The molecule has 0 aliphatic heterocycles. The Bertz CT molecular complexity index is 1760. The maximum atomic E-state index is 14.3. The summed E-state index contributed by atoms with van der Waals surface area (Å²) in [5.41, 5.74) is 0.190. The lowest BCUT2D eigenvalue weighted by atomic mass is 10.2. The summed E-state index contributed by atoms with van der Waals surface area (Å²) in [6, 6.07) is 6.98. The third-order valence-electron chi connectivity index (χ3n) is 5.23. The Kier molecular flexibility index (Phi) is 6.06.